The molecule has 0 aromatic rings. The highest BCUT2D eigenvalue weighted by atomic mass is 15.0. The first-order chi connectivity index (χ1) is 5.73. The van der Waals surface area contributed by atoms with Crippen LogP contribution in [0.5, 0.6) is 0 Å². The molecular formula is C12H22N+. The molecule has 1 unspecified atom stereocenters. The van der Waals surface area contributed by atoms with Crippen LogP contribution in [0.15, 0.2) is 12.2 Å². The Morgan fingerprint density at radius 1 is 1.31 bits per heavy atom. The average Bonchev–Trinajstić information content (AvgIpc) is 1.98. The van der Waals surface area contributed by atoms with Gasteiger partial charge in [0.25, 0.3) is 0 Å². The second-order valence-electron chi connectivity index (χ2n) is 5.26. The van der Waals surface area contributed by atoms with Crippen LogP contribution in [0.2, 0.25) is 0 Å². The predicted octanol–water partition coefficient (Wildman–Crippen LogP) is 2.71. The molecule has 1 rings (SSSR count). The summed E-state index contributed by atoms with van der Waals surface area (Å²) in [6.45, 7) is 13.2. The molecular weight excluding hydrogens is 158 g/mol. The van der Waals surface area contributed by atoms with Gasteiger partial charge in [-0.2, -0.15) is 0 Å². The van der Waals surface area contributed by atoms with E-state index in [0.29, 0.717) is 5.41 Å². The first-order valence-electron chi connectivity index (χ1n) is 4.93. The molecule has 0 amide bonds. The fourth-order valence-corrected chi connectivity index (χ4v) is 2.39. The lowest BCUT2D eigenvalue weighted by Gasteiger charge is -2.53. The van der Waals surface area contributed by atoms with E-state index in [2.05, 4.69) is 52.9 Å². The van der Waals surface area contributed by atoms with Gasteiger partial charge < -0.3 is 0 Å². The molecule has 1 nitrogen and oxygen atoms in total. The number of hydrogen-bond donors (Lipinski definition) is 0. The van der Waals surface area contributed by atoms with Gasteiger partial charge in [-0.05, 0) is 20.8 Å². The van der Waals surface area contributed by atoms with Gasteiger partial charge in [0.1, 0.15) is 14.1 Å². The predicted molar refractivity (Wildman–Crippen MR) is 58.4 cm³/mol. The van der Waals surface area contributed by atoms with E-state index >= 15 is 0 Å². The minimum atomic E-state index is 0.280. The van der Waals surface area contributed by atoms with E-state index in [0.717, 1.165) is 0 Å². The summed E-state index contributed by atoms with van der Waals surface area (Å²) in [7, 11) is 4.27. The molecule has 1 heteroatoms. The Morgan fingerprint density at radius 2 is 1.77 bits per heavy atom. The largest absolute Gasteiger partial charge is 0.242 e. The zero-order chi connectivity index (χ0) is 10.4. The lowest BCUT2D eigenvalue weighted by Crippen LogP contribution is -2.57. The van der Waals surface area contributed by atoms with Crippen LogP contribution in [0.1, 0.15) is 34.1 Å². The molecule has 1 atom stereocenters. The molecule has 0 bridgehead atoms. The zero-order valence-electron chi connectivity index (χ0n) is 9.86. The molecule has 0 aliphatic heterocycles. The smallest absolute Gasteiger partial charge is 0.159 e. The summed E-state index contributed by atoms with van der Waals surface area (Å²) in [5.74, 6) is 0. The van der Waals surface area contributed by atoms with Crippen LogP contribution in [0.4, 0.5) is 0 Å². The van der Waals surface area contributed by atoms with Gasteiger partial charge in [0, 0.05) is 11.8 Å². The summed E-state index contributed by atoms with van der Waals surface area (Å²) >= 11 is 0. The van der Waals surface area contributed by atoms with Gasteiger partial charge >= 0.3 is 0 Å². The van der Waals surface area contributed by atoms with Gasteiger partial charge in [-0.3, -0.25) is 0 Å². The second-order valence-corrected chi connectivity index (χ2v) is 5.26. The van der Waals surface area contributed by atoms with E-state index in [4.69, 9.17) is 0 Å². The van der Waals surface area contributed by atoms with Crippen LogP contribution in [-0.4, -0.2) is 24.4 Å². The lowest BCUT2D eigenvalue weighted by molar-refractivity contribution is -0.475. The zero-order valence-corrected chi connectivity index (χ0v) is 9.86. The third-order valence-corrected chi connectivity index (χ3v) is 4.10. The van der Waals surface area contributed by atoms with Gasteiger partial charge in [-0.1, -0.05) is 19.1 Å². The van der Waals surface area contributed by atoms with Crippen molar-refractivity contribution in [2.45, 2.75) is 34.1 Å². The van der Waals surface area contributed by atoms with E-state index in [1.165, 1.54) is 17.7 Å². The van der Waals surface area contributed by atoms with Crippen molar-refractivity contribution in [1.82, 2.24) is 0 Å². The van der Waals surface area contributed by atoms with Crippen molar-refractivity contribution in [2.75, 3.05) is 14.1 Å². The fourth-order valence-electron chi connectivity index (χ4n) is 2.39. The van der Waals surface area contributed by atoms with Crippen molar-refractivity contribution >= 4 is 5.71 Å². The first-order valence-corrected chi connectivity index (χ1v) is 4.93. The molecule has 0 aromatic carbocycles. The topological polar surface area (TPSA) is 3.01 Å². The Labute approximate surface area is 82.2 Å². The Morgan fingerprint density at radius 3 is 2.00 bits per heavy atom. The molecule has 1 fully saturated rings. The third-order valence-electron chi connectivity index (χ3n) is 4.10. The van der Waals surface area contributed by atoms with E-state index in [9.17, 15) is 0 Å². The minimum absolute atomic E-state index is 0.280. The number of rotatable bonds is 1. The van der Waals surface area contributed by atoms with E-state index in [1.807, 2.05) is 0 Å². The Hall–Kier alpha value is -0.590. The molecule has 13 heavy (non-hydrogen) atoms. The minimum Gasteiger partial charge on any atom is -0.242 e. The molecule has 0 heterocycles. The van der Waals surface area contributed by atoms with E-state index in [1.54, 1.807) is 0 Å². The molecule has 1 aliphatic rings. The number of nitrogens with zero attached hydrogens (tertiary/aromatic N) is 1. The quantitative estimate of drug-likeness (QED) is 0.431. The molecule has 0 spiro atoms. The molecule has 0 radical (unpaired) electrons. The molecule has 1 aliphatic carbocycles. The van der Waals surface area contributed by atoms with E-state index < -0.39 is 0 Å². The second kappa shape index (κ2) is 2.70. The van der Waals surface area contributed by atoms with Gasteiger partial charge in [-0.15, -0.1) is 0 Å². The summed E-state index contributed by atoms with van der Waals surface area (Å²) in [5.41, 5.74) is 3.43. The van der Waals surface area contributed by atoms with Crippen molar-refractivity contribution in [3.05, 3.63) is 12.2 Å². The Kier molecular flexibility index (Phi) is 2.18. The molecule has 0 aromatic heterocycles. The number of allylic oxidation sites excluding steroid dienone is 1. The van der Waals surface area contributed by atoms with Gasteiger partial charge in [-0.25, -0.2) is 4.58 Å². The van der Waals surface area contributed by atoms with Crippen molar-refractivity contribution in [3.63, 3.8) is 0 Å². The van der Waals surface area contributed by atoms with Gasteiger partial charge in [0.15, 0.2) is 5.71 Å². The van der Waals surface area contributed by atoms with Crippen molar-refractivity contribution < 1.29 is 4.58 Å². The monoisotopic (exact) mass is 180 g/mol. The number of hydrogen-bond acceptors (Lipinski definition) is 0. The SMILES string of the molecule is C=C(C)C1(C)CC(=[N+](C)C)C1(C)C. The van der Waals surface area contributed by atoms with Crippen LogP contribution < -0.4 is 0 Å². The summed E-state index contributed by atoms with van der Waals surface area (Å²) in [6, 6.07) is 0. The van der Waals surface area contributed by atoms with Crippen LogP contribution in [0.25, 0.3) is 0 Å². The normalized spacial score (nSPS) is 31.1. The first kappa shape index (κ1) is 10.5. The van der Waals surface area contributed by atoms with Gasteiger partial charge in [0.2, 0.25) is 0 Å². The van der Waals surface area contributed by atoms with Crippen LogP contribution in [-0.2, 0) is 0 Å². The Balaban J connectivity index is 3.06. The molecule has 74 valence electrons. The fraction of sp³-hybridized carbons (Fsp3) is 0.750. The maximum Gasteiger partial charge on any atom is 0.159 e. The lowest BCUT2D eigenvalue weighted by atomic mass is 9.48. The van der Waals surface area contributed by atoms with Crippen molar-refractivity contribution in [3.8, 4) is 0 Å². The molecule has 1 saturated carbocycles. The van der Waals surface area contributed by atoms with Gasteiger partial charge in [0.05, 0.1) is 5.41 Å². The standard InChI is InChI=1S/C12H22N/c1-9(2)12(5)8-10(13(6)7)11(12,3)4/h1,8H2,2-7H3/q+1. The molecule has 0 saturated heterocycles. The average molecular weight is 180 g/mol. The third kappa shape index (κ3) is 1.17. The maximum absolute atomic E-state index is 4.11. The highest BCUT2D eigenvalue weighted by Crippen LogP contribution is 2.57. The van der Waals surface area contributed by atoms with E-state index in [-0.39, 0.29) is 5.41 Å². The Bertz CT molecular complexity index is 279. The highest BCUT2D eigenvalue weighted by molar-refractivity contribution is 5.94. The molecule has 0 N–H and O–H groups in total. The summed E-state index contributed by atoms with van der Waals surface area (Å²) in [5, 5.41) is 0. The summed E-state index contributed by atoms with van der Waals surface area (Å²) < 4.78 is 2.25. The van der Waals surface area contributed by atoms with Crippen LogP contribution >= 0.6 is 0 Å². The summed E-state index contributed by atoms with van der Waals surface area (Å²) in [4.78, 5) is 0. The maximum atomic E-state index is 4.11. The summed E-state index contributed by atoms with van der Waals surface area (Å²) in [6.07, 6.45) is 1.17. The van der Waals surface area contributed by atoms with Crippen LogP contribution in [0, 0.1) is 10.8 Å². The van der Waals surface area contributed by atoms with Crippen molar-refractivity contribution in [2.24, 2.45) is 10.8 Å². The van der Waals surface area contributed by atoms with Crippen LogP contribution in [0.3, 0.4) is 0 Å². The van der Waals surface area contributed by atoms with Crippen molar-refractivity contribution in [1.29, 1.82) is 0 Å². The highest BCUT2D eigenvalue weighted by Gasteiger charge is 2.59.